The number of ether oxygens (including phenoxy) is 2. The van der Waals surface area contributed by atoms with Gasteiger partial charge in [-0.2, -0.15) is 8.42 Å². The Balaban J connectivity index is 1.57. The lowest BCUT2D eigenvalue weighted by Gasteiger charge is -2.18. The average Bonchev–Trinajstić information content (AvgIpc) is 3.54. The van der Waals surface area contributed by atoms with Gasteiger partial charge in [0.25, 0.3) is 10.0 Å². The number of carbonyl (C=O) groups excluding carboxylic acids is 1. The molecule has 1 aliphatic heterocycles. The fourth-order valence-corrected chi connectivity index (χ4v) is 6.63. The highest BCUT2D eigenvalue weighted by Gasteiger charge is 2.43. The van der Waals surface area contributed by atoms with Crippen LogP contribution in [0.1, 0.15) is 6.92 Å². The number of sulfonamides is 1. The summed E-state index contributed by atoms with van der Waals surface area (Å²) in [4.78, 5) is 27.7. The predicted molar refractivity (Wildman–Crippen MR) is 165 cm³/mol. The van der Waals surface area contributed by atoms with E-state index in [9.17, 15) is 18.0 Å². The van der Waals surface area contributed by atoms with Gasteiger partial charge in [0.2, 0.25) is 5.75 Å². The van der Waals surface area contributed by atoms with Gasteiger partial charge in [0.15, 0.2) is 22.0 Å². The standard InChI is InChI=1S/C29H20ClN3O8S2/c1-3-39-19-10-8-18(9-11-19)33-28(42)27(32(29(33)35)17-6-4-16(30)5-7-17)31-43(36,37)26-20-12-13-22(34)41-24(20)25(38-2)23-21(26)14-15-40-23/h4-15H,3H2,1-2H3/b31-27+. The SMILES string of the molecule is CCOc1ccc(N2C(=O)N(c3ccc(Cl)cc3)/C(=N/S(=O)(=O)c3c4ccoc4c(OC)c4oc(=O)ccc34)C2=S)cc1. The Morgan fingerprint density at radius 3 is 2.23 bits per heavy atom. The number of amidine groups is 1. The molecule has 6 rings (SSSR count). The molecule has 0 radical (unpaired) electrons. The first-order chi connectivity index (χ1) is 20.6. The molecule has 3 aromatic carbocycles. The van der Waals surface area contributed by atoms with E-state index in [1.807, 2.05) is 6.92 Å². The second-order valence-corrected chi connectivity index (χ2v) is 11.4. The molecule has 11 nitrogen and oxygen atoms in total. The Labute approximate surface area is 254 Å². The Bertz CT molecular complexity index is 2120. The van der Waals surface area contributed by atoms with Crippen LogP contribution in [0.25, 0.3) is 21.9 Å². The van der Waals surface area contributed by atoms with Crippen LogP contribution < -0.4 is 24.9 Å². The van der Waals surface area contributed by atoms with Crippen LogP contribution in [0.4, 0.5) is 16.2 Å². The number of fused-ring (bicyclic) bond motifs is 2. The molecule has 1 saturated heterocycles. The van der Waals surface area contributed by atoms with Crippen LogP contribution in [0.15, 0.2) is 95.9 Å². The van der Waals surface area contributed by atoms with E-state index >= 15 is 0 Å². The van der Waals surface area contributed by atoms with E-state index in [1.54, 1.807) is 48.5 Å². The van der Waals surface area contributed by atoms with Crippen molar-refractivity contribution >= 4 is 84.0 Å². The van der Waals surface area contributed by atoms with Crippen LogP contribution in [0.5, 0.6) is 11.5 Å². The molecule has 0 unspecified atom stereocenters. The predicted octanol–water partition coefficient (Wildman–Crippen LogP) is 6.16. The summed E-state index contributed by atoms with van der Waals surface area (Å²) in [5.41, 5.74) is -0.202. The van der Waals surface area contributed by atoms with Crippen molar-refractivity contribution in [1.82, 2.24) is 0 Å². The summed E-state index contributed by atoms with van der Waals surface area (Å²) in [5.74, 6) is 0.293. The summed E-state index contributed by atoms with van der Waals surface area (Å²) >= 11 is 11.7. The van der Waals surface area contributed by atoms with Gasteiger partial charge >= 0.3 is 11.7 Å². The van der Waals surface area contributed by atoms with Crippen LogP contribution in [-0.4, -0.2) is 39.0 Å². The second-order valence-electron chi connectivity index (χ2n) is 9.07. The van der Waals surface area contributed by atoms with Crippen LogP contribution in [0.2, 0.25) is 5.02 Å². The van der Waals surface area contributed by atoms with Crippen LogP contribution >= 0.6 is 23.8 Å². The quantitative estimate of drug-likeness (QED) is 0.152. The molecule has 0 spiro atoms. The molecule has 0 aliphatic carbocycles. The van der Waals surface area contributed by atoms with Crippen LogP contribution in [0, 0.1) is 0 Å². The number of anilines is 2. The fraction of sp³-hybridized carbons (Fsp3) is 0.103. The first kappa shape index (κ1) is 28.4. The highest BCUT2D eigenvalue weighted by molar-refractivity contribution is 7.91. The zero-order valence-electron chi connectivity index (χ0n) is 22.4. The lowest BCUT2D eigenvalue weighted by atomic mass is 10.1. The first-order valence-electron chi connectivity index (χ1n) is 12.7. The topological polar surface area (TPSA) is 132 Å². The zero-order valence-corrected chi connectivity index (χ0v) is 24.8. The van der Waals surface area contributed by atoms with Gasteiger partial charge in [-0.05, 0) is 67.6 Å². The van der Waals surface area contributed by atoms with Crippen molar-refractivity contribution in [2.45, 2.75) is 11.8 Å². The van der Waals surface area contributed by atoms with Crippen molar-refractivity contribution in [3.63, 3.8) is 0 Å². The van der Waals surface area contributed by atoms with Gasteiger partial charge in [-0.1, -0.05) is 23.8 Å². The normalized spacial score (nSPS) is 14.8. The largest absolute Gasteiger partial charge is 0.494 e. The zero-order chi connectivity index (χ0) is 30.5. The van der Waals surface area contributed by atoms with E-state index in [4.69, 9.17) is 42.1 Å². The molecule has 1 aliphatic rings. The Morgan fingerprint density at radius 2 is 1.56 bits per heavy atom. The Hall–Kier alpha value is -4.72. The molecule has 5 aromatic rings. The van der Waals surface area contributed by atoms with Crippen molar-refractivity contribution < 1.29 is 31.5 Å². The molecule has 14 heteroatoms. The van der Waals surface area contributed by atoms with E-state index in [-0.39, 0.29) is 49.1 Å². The Kier molecular flexibility index (Phi) is 7.16. The number of halogens is 1. The maximum Gasteiger partial charge on any atom is 0.340 e. The van der Waals surface area contributed by atoms with Gasteiger partial charge in [-0.15, -0.1) is 4.40 Å². The fourth-order valence-electron chi connectivity index (χ4n) is 4.76. The molecular formula is C29H20ClN3O8S2. The monoisotopic (exact) mass is 637 g/mol. The number of benzene rings is 3. The van der Waals surface area contributed by atoms with Crippen molar-refractivity contribution in [2.24, 2.45) is 4.40 Å². The minimum Gasteiger partial charge on any atom is -0.494 e. The van der Waals surface area contributed by atoms with Gasteiger partial charge in [-0.3, -0.25) is 0 Å². The van der Waals surface area contributed by atoms with Crippen molar-refractivity contribution in [1.29, 1.82) is 0 Å². The van der Waals surface area contributed by atoms with Gasteiger partial charge in [0.1, 0.15) is 10.6 Å². The minimum absolute atomic E-state index is 0.0198. The number of rotatable bonds is 7. The van der Waals surface area contributed by atoms with Crippen molar-refractivity contribution in [3.8, 4) is 11.5 Å². The molecule has 2 aromatic heterocycles. The van der Waals surface area contributed by atoms with Crippen LogP contribution in [0.3, 0.4) is 0 Å². The molecule has 3 heterocycles. The third-order valence-corrected chi connectivity index (χ3v) is 8.53. The number of amides is 2. The third kappa shape index (κ3) is 4.80. The van der Waals surface area contributed by atoms with Crippen LogP contribution in [-0.2, 0) is 10.0 Å². The van der Waals surface area contributed by atoms with Crippen molar-refractivity contribution in [2.75, 3.05) is 23.5 Å². The van der Waals surface area contributed by atoms with E-state index in [2.05, 4.69) is 4.40 Å². The highest BCUT2D eigenvalue weighted by Crippen LogP contribution is 2.41. The van der Waals surface area contributed by atoms with Gasteiger partial charge < -0.3 is 18.3 Å². The molecule has 0 atom stereocenters. The lowest BCUT2D eigenvalue weighted by Crippen LogP contribution is -2.33. The minimum atomic E-state index is -4.67. The number of hydrogen-bond donors (Lipinski definition) is 0. The second kappa shape index (κ2) is 10.8. The molecule has 0 N–H and O–H groups in total. The Morgan fingerprint density at radius 1 is 0.907 bits per heavy atom. The average molecular weight is 638 g/mol. The molecule has 1 fully saturated rings. The number of furan rings is 1. The summed E-state index contributed by atoms with van der Waals surface area (Å²) in [6, 6.07) is 15.9. The lowest BCUT2D eigenvalue weighted by molar-refractivity contribution is 0.257. The summed E-state index contributed by atoms with van der Waals surface area (Å²) in [7, 11) is -3.34. The first-order valence-corrected chi connectivity index (χ1v) is 14.9. The highest BCUT2D eigenvalue weighted by atomic mass is 35.5. The third-order valence-electron chi connectivity index (χ3n) is 6.55. The number of methoxy groups -OCH3 is 1. The maximum atomic E-state index is 14.2. The number of hydrogen-bond acceptors (Lipinski definition) is 9. The number of thiocarbonyl (C=S) groups is 1. The molecule has 0 saturated carbocycles. The maximum absolute atomic E-state index is 14.2. The van der Waals surface area contributed by atoms with E-state index in [0.29, 0.717) is 23.1 Å². The van der Waals surface area contributed by atoms with E-state index in [1.165, 1.54) is 30.4 Å². The molecule has 0 bridgehead atoms. The number of nitrogens with zero attached hydrogens (tertiary/aromatic N) is 3. The van der Waals surface area contributed by atoms with E-state index in [0.717, 1.165) is 11.0 Å². The number of carbonyl (C=O) groups is 1. The summed E-state index contributed by atoms with van der Waals surface area (Å²) in [5, 5.41) is 0.548. The van der Waals surface area contributed by atoms with Crippen molar-refractivity contribution in [3.05, 3.63) is 88.4 Å². The van der Waals surface area contributed by atoms with Gasteiger partial charge in [0, 0.05) is 21.9 Å². The summed E-state index contributed by atoms with van der Waals surface area (Å²) in [6.45, 7) is 2.30. The van der Waals surface area contributed by atoms with Gasteiger partial charge in [0.05, 0.1) is 31.4 Å². The number of urea groups is 1. The van der Waals surface area contributed by atoms with E-state index < -0.39 is 21.7 Å². The summed E-state index contributed by atoms with van der Waals surface area (Å²) in [6.07, 6.45) is 1.27. The molecule has 43 heavy (non-hydrogen) atoms. The molecular weight excluding hydrogens is 618 g/mol. The molecule has 2 amide bonds. The summed E-state index contributed by atoms with van der Waals surface area (Å²) < 4.78 is 54.3. The van der Waals surface area contributed by atoms with Gasteiger partial charge in [-0.25, -0.2) is 19.4 Å². The smallest absolute Gasteiger partial charge is 0.340 e. The molecule has 218 valence electrons.